The van der Waals surface area contributed by atoms with Gasteiger partial charge in [0.05, 0.1) is 11.0 Å². The van der Waals surface area contributed by atoms with Gasteiger partial charge in [-0.2, -0.15) is 0 Å². The topological polar surface area (TPSA) is 45.8 Å². The lowest BCUT2D eigenvalue weighted by Gasteiger charge is -2.09. The van der Waals surface area contributed by atoms with Crippen LogP contribution in [0, 0.1) is 6.92 Å². The van der Waals surface area contributed by atoms with Gasteiger partial charge in [-0.1, -0.05) is 48.5 Å². The van der Waals surface area contributed by atoms with Crippen molar-refractivity contribution in [3.63, 3.8) is 0 Å². The van der Waals surface area contributed by atoms with E-state index < -0.39 is 0 Å². The van der Waals surface area contributed by atoms with Crippen LogP contribution in [0.1, 0.15) is 5.69 Å². The lowest BCUT2D eigenvalue weighted by atomic mass is 10.00. The van der Waals surface area contributed by atoms with Crippen LogP contribution in [-0.2, 0) is 0 Å². The van der Waals surface area contributed by atoms with Crippen LogP contribution in [-0.4, -0.2) is 9.97 Å². The molecule has 3 aromatic carbocycles. The van der Waals surface area contributed by atoms with E-state index >= 15 is 0 Å². The number of para-hydroxylation sites is 1. The van der Waals surface area contributed by atoms with Crippen molar-refractivity contribution in [1.29, 1.82) is 0 Å². The largest absolute Gasteiger partial charge is 0.320 e. The van der Waals surface area contributed by atoms with Gasteiger partial charge < -0.3 is 4.98 Å². The summed E-state index contributed by atoms with van der Waals surface area (Å²) < 4.78 is 1.91. The lowest BCUT2D eigenvalue weighted by molar-refractivity contribution is 1.27. The predicted octanol–water partition coefficient (Wildman–Crippen LogP) is 5.91. The first-order valence-corrected chi connectivity index (χ1v) is 9.69. The van der Waals surface area contributed by atoms with E-state index in [0.717, 1.165) is 47.7 Å². The van der Waals surface area contributed by atoms with Crippen LogP contribution in [0.5, 0.6) is 0 Å². The smallest absolute Gasteiger partial charge is 0.266 e. The number of pyridine rings is 2. The maximum absolute atomic E-state index is 13.0. The fourth-order valence-electron chi connectivity index (χ4n) is 4.21. The number of aromatic nitrogens is 2. The van der Waals surface area contributed by atoms with E-state index in [9.17, 15) is 4.79 Å². The van der Waals surface area contributed by atoms with Crippen LogP contribution in [0.25, 0.3) is 52.8 Å². The average molecular weight is 366 g/mol. The molecule has 4 heteroatoms. The van der Waals surface area contributed by atoms with Gasteiger partial charge >= 0.3 is 0 Å². The van der Waals surface area contributed by atoms with Gasteiger partial charge in [-0.25, -0.2) is 0 Å². The van der Waals surface area contributed by atoms with Gasteiger partial charge in [0.15, 0.2) is 0 Å². The highest BCUT2D eigenvalue weighted by molar-refractivity contribution is 7.26. The minimum atomic E-state index is -0.0291. The molecule has 0 aliphatic heterocycles. The summed E-state index contributed by atoms with van der Waals surface area (Å²) in [5, 5.41) is 6.58. The molecule has 0 atom stereocenters. The monoisotopic (exact) mass is 366 g/mol. The number of benzene rings is 3. The van der Waals surface area contributed by atoms with Gasteiger partial charge in [-0.05, 0) is 29.8 Å². The minimum Gasteiger partial charge on any atom is -0.320 e. The summed E-state index contributed by atoms with van der Waals surface area (Å²) in [6.07, 6.45) is 0. The molecule has 6 rings (SSSR count). The van der Waals surface area contributed by atoms with Crippen LogP contribution in [0.4, 0.5) is 0 Å². The molecule has 6 aromatic rings. The predicted molar refractivity (Wildman–Crippen MR) is 115 cm³/mol. The Balaban J connectivity index is 2.02. The summed E-state index contributed by atoms with van der Waals surface area (Å²) in [4.78, 5) is 21.0. The quantitative estimate of drug-likeness (QED) is 0.340. The summed E-state index contributed by atoms with van der Waals surface area (Å²) >= 11 is 1.56. The second-order valence-corrected chi connectivity index (χ2v) is 7.94. The Hall–Kier alpha value is -3.24. The molecule has 0 amide bonds. The molecule has 1 N–H and O–H groups in total. The number of thiophene rings is 1. The summed E-state index contributed by atoms with van der Waals surface area (Å²) in [7, 11) is 0. The summed E-state index contributed by atoms with van der Waals surface area (Å²) in [5.41, 5.74) is 2.70. The van der Waals surface area contributed by atoms with E-state index in [1.807, 2.05) is 37.3 Å². The van der Waals surface area contributed by atoms with Gasteiger partial charge in [0.2, 0.25) is 0 Å². The Kier molecular flexibility index (Phi) is 2.84. The molecule has 0 unspecified atom stereocenters. The van der Waals surface area contributed by atoms with Crippen molar-refractivity contribution in [2.24, 2.45) is 0 Å². The highest BCUT2D eigenvalue weighted by atomic mass is 32.1. The summed E-state index contributed by atoms with van der Waals surface area (Å²) in [5.74, 6) is 0. The molecule has 0 radical (unpaired) electrons. The maximum Gasteiger partial charge on any atom is 0.266 e. The standard InChI is InChI=1S/C23H14N2OS/c1-12-18-20-19-14-7-3-2-6-13(14)10-11-17(19)27-22(20)23(26)25-21(18)15-8-4-5-9-16(15)24-12/h2-11H,1H3,(H,25,26). The van der Waals surface area contributed by atoms with Crippen LogP contribution in [0.2, 0.25) is 0 Å². The minimum absolute atomic E-state index is 0.0291. The first kappa shape index (κ1) is 14.9. The van der Waals surface area contributed by atoms with Crippen LogP contribution < -0.4 is 5.56 Å². The van der Waals surface area contributed by atoms with Crippen molar-refractivity contribution in [2.75, 3.05) is 0 Å². The van der Waals surface area contributed by atoms with Crippen molar-refractivity contribution < 1.29 is 0 Å². The number of aromatic amines is 1. The van der Waals surface area contributed by atoms with Gasteiger partial charge in [-0.15, -0.1) is 11.3 Å². The Morgan fingerprint density at radius 3 is 2.52 bits per heavy atom. The Bertz CT molecular complexity index is 1610. The number of rotatable bonds is 0. The molecular formula is C23H14N2OS. The summed E-state index contributed by atoms with van der Waals surface area (Å²) in [6, 6.07) is 20.6. The number of hydrogen-bond donors (Lipinski definition) is 1. The molecule has 3 heterocycles. The van der Waals surface area contributed by atoms with Crippen molar-refractivity contribution >= 4 is 64.1 Å². The number of nitrogens with zero attached hydrogens (tertiary/aromatic N) is 1. The highest BCUT2D eigenvalue weighted by Crippen LogP contribution is 2.41. The molecule has 27 heavy (non-hydrogen) atoms. The third-order valence-electron chi connectivity index (χ3n) is 5.35. The number of aryl methyl sites for hydroxylation is 1. The van der Waals surface area contributed by atoms with E-state index in [4.69, 9.17) is 4.98 Å². The zero-order chi connectivity index (χ0) is 18.1. The molecule has 128 valence electrons. The third-order valence-corrected chi connectivity index (χ3v) is 6.50. The fraction of sp³-hybridized carbons (Fsp3) is 0.0435. The second kappa shape index (κ2) is 5.15. The molecule has 3 nitrogen and oxygen atoms in total. The van der Waals surface area contributed by atoms with E-state index in [1.165, 1.54) is 10.8 Å². The summed E-state index contributed by atoms with van der Waals surface area (Å²) in [6.45, 7) is 2.03. The number of H-pyrrole nitrogens is 1. The SMILES string of the molecule is Cc1nc2ccccc2c2[nH]c(=O)c3sc4ccc5ccccc5c4c3c12. The van der Waals surface area contributed by atoms with Gasteiger partial charge in [-0.3, -0.25) is 9.78 Å². The molecule has 0 saturated heterocycles. The molecule has 0 fully saturated rings. The Morgan fingerprint density at radius 2 is 1.63 bits per heavy atom. The van der Waals surface area contributed by atoms with E-state index in [0.29, 0.717) is 0 Å². The zero-order valence-electron chi connectivity index (χ0n) is 14.5. The van der Waals surface area contributed by atoms with Gasteiger partial charge in [0.1, 0.15) is 4.70 Å². The maximum atomic E-state index is 13.0. The molecule has 3 aromatic heterocycles. The molecule has 0 bridgehead atoms. The first-order chi connectivity index (χ1) is 13.2. The molecule has 0 aliphatic rings. The second-order valence-electron chi connectivity index (χ2n) is 6.88. The third kappa shape index (κ3) is 1.90. The first-order valence-electron chi connectivity index (χ1n) is 8.87. The van der Waals surface area contributed by atoms with E-state index in [1.54, 1.807) is 11.3 Å². The lowest BCUT2D eigenvalue weighted by Crippen LogP contribution is -2.06. The fourth-order valence-corrected chi connectivity index (χ4v) is 5.33. The van der Waals surface area contributed by atoms with Crippen molar-refractivity contribution in [3.8, 4) is 0 Å². The Labute approximate surface area is 157 Å². The Morgan fingerprint density at radius 1 is 0.852 bits per heavy atom. The van der Waals surface area contributed by atoms with E-state index in [-0.39, 0.29) is 5.56 Å². The van der Waals surface area contributed by atoms with Gasteiger partial charge in [0.25, 0.3) is 5.56 Å². The van der Waals surface area contributed by atoms with Crippen LogP contribution in [0.3, 0.4) is 0 Å². The molecule has 0 aliphatic carbocycles. The van der Waals surface area contributed by atoms with Crippen molar-refractivity contribution in [1.82, 2.24) is 9.97 Å². The molecule has 0 spiro atoms. The van der Waals surface area contributed by atoms with Gasteiger partial charge in [0, 0.05) is 31.9 Å². The van der Waals surface area contributed by atoms with Crippen LogP contribution in [0.15, 0.2) is 65.5 Å². The average Bonchev–Trinajstić information content (AvgIpc) is 3.09. The van der Waals surface area contributed by atoms with E-state index in [2.05, 4.69) is 35.3 Å². The van der Waals surface area contributed by atoms with Crippen LogP contribution >= 0.6 is 11.3 Å². The number of fused-ring (bicyclic) bond motifs is 9. The normalized spacial score (nSPS) is 12.0. The zero-order valence-corrected chi connectivity index (χ0v) is 15.4. The number of nitrogens with one attached hydrogen (secondary N) is 1. The molecular weight excluding hydrogens is 352 g/mol. The molecule has 0 saturated carbocycles. The highest BCUT2D eigenvalue weighted by Gasteiger charge is 2.18. The van der Waals surface area contributed by atoms with Crippen molar-refractivity contribution in [2.45, 2.75) is 6.92 Å². The number of hydrogen-bond acceptors (Lipinski definition) is 3. The van der Waals surface area contributed by atoms with Crippen molar-refractivity contribution in [3.05, 3.63) is 76.7 Å².